The van der Waals surface area contributed by atoms with Crippen LogP contribution < -0.4 is 5.32 Å². The maximum atomic E-state index is 12.0. The lowest BCUT2D eigenvalue weighted by Crippen LogP contribution is -2.44. The SMILES string of the molecule is CCN(CC1CC1)C(=O)NC1CCC(C(=O)O)C1. The summed E-state index contributed by atoms with van der Waals surface area (Å²) in [6.07, 6.45) is 4.49. The number of carboxylic acid groups (broad SMARTS) is 1. The minimum absolute atomic E-state index is 0.0274. The van der Waals surface area contributed by atoms with E-state index in [-0.39, 0.29) is 18.0 Å². The van der Waals surface area contributed by atoms with Gasteiger partial charge in [-0.15, -0.1) is 0 Å². The summed E-state index contributed by atoms with van der Waals surface area (Å²) in [4.78, 5) is 24.7. The Hall–Kier alpha value is -1.26. The molecule has 0 radical (unpaired) electrons. The Morgan fingerprint density at radius 3 is 2.50 bits per heavy atom. The maximum Gasteiger partial charge on any atom is 0.317 e. The standard InChI is InChI=1S/C13H22N2O3/c1-2-15(8-9-3-4-9)13(18)14-11-6-5-10(7-11)12(16)17/h9-11H,2-8H2,1H3,(H,14,18)(H,16,17). The van der Waals surface area contributed by atoms with E-state index in [2.05, 4.69) is 5.32 Å². The molecular weight excluding hydrogens is 232 g/mol. The van der Waals surface area contributed by atoms with Crippen molar-refractivity contribution < 1.29 is 14.7 Å². The molecule has 2 fully saturated rings. The summed E-state index contributed by atoms with van der Waals surface area (Å²) in [5, 5.41) is 11.9. The quantitative estimate of drug-likeness (QED) is 0.784. The summed E-state index contributed by atoms with van der Waals surface area (Å²) in [5.74, 6) is -0.336. The van der Waals surface area contributed by atoms with Crippen molar-refractivity contribution in [3.63, 3.8) is 0 Å². The summed E-state index contributed by atoms with van der Waals surface area (Å²) >= 11 is 0. The number of urea groups is 1. The van der Waals surface area contributed by atoms with Crippen LogP contribution in [0.5, 0.6) is 0 Å². The molecule has 2 amide bonds. The van der Waals surface area contributed by atoms with Crippen LogP contribution in [0, 0.1) is 11.8 Å². The number of amides is 2. The predicted octanol–water partition coefficient (Wildman–Crippen LogP) is 1.68. The van der Waals surface area contributed by atoms with Crippen LogP contribution in [0.15, 0.2) is 0 Å². The fourth-order valence-corrected chi connectivity index (χ4v) is 2.57. The fraction of sp³-hybridized carbons (Fsp3) is 0.846. The number of rotatable bonds is 5. The Balaban J connectivity index is 1.77. The van der Waals surface area contributed by atoms with Gasteiger partial charge in [0.2, 0.25) is 0 Å². The first-order valence-electron chi connectivity index (χ1n) is 6.88. The Morgan fingerprint density at radius 1 is 1.28 bits per heavy atom. The molecule has 2 N–H and O–H groups in total. The highest BCUT2D eigenvalue weighted by Crippen LogP contribution is 2.30. The van der Waals surface area contributed by atoms with Gasteiger partial charge in [-0.05, 0) is 44.9 Å². The van der Waals surface area contributed by atoms with Crippen molar-refractivity contribution in [1.29, 1.82) is 0 Å². The van der Waals surface area contributed by atoms with Gasteiger partial charge in [0, 0.05) is 19.1 Å². The molecule has 0 aliphatic heterocycles. The van der Waals surface area contributed by atoms with Gasteiger partial charge in [-0.1, -0.05) is 0 Å². The van der Waals surface area contributed by atoms with Gasteiger partial charge in [-0.25, -0.2) is 4.79 Å². The third-order valence-corrected chi connectivity index (χ3v) is 3.95. The molecule has 2 saturated carbocycles. The Bertz CT molecular complexity index is 328. The van der Waals surface area contributed by atoms with Crippen molar-refractivity contribution in [2.45, 2.75) is 45.1 Å². The molecule has 102 valence electrons. The van der Waals surface area contributed by atoms with Crippen molar-refractivity contribution in [2.75, 3.05) is 13.1 Å². The number of nitrogens with one attached hydrogen (secondary N) is 1. The van der Waals surface area contributed by atoms with Crippen molar-refractivity contribution in [1.82, 2.24) is 10.2 Å². The van der Waals surface area contributed by atoms with Gasteiger partial charge in [0.15, 0.2) is 0 Å². The van der Waals surface area contributed by atoms with Crippen LogP contribution >= 0.6 is 0 Å². The molecule has 2 atom stereocenters. The molecule has 0 saturated heterocycles. The van der Waals surface area contributed by atoms with Crippen molar-refractivity contribution in [2.24, 2.45) is 11.8 Å². The summed E-state index contributed by atoms with van der Waals surface area (Å²) in [7, 11) is 0. The van der Waals surface area contributed by atoms with Crippen LogP contribution in [-0.4, -0.2) is 41.1 Å². The number of hydrogen-bond acceptors (Lipinski definition) is 2. The van der Waals surface area contributed by atoms with Crippen LogP contribution in [0.4, 0.5) is 4.79 Å². The first kappa shape index (κ1) is 13.2. The molecular formula is C13H22N2O3. The zero-order valence-corrected chi connectivity index (χ0v) is 10.9. The number of nitrogens with zero attached hydrogens (tertiary/aromatic N) is 1. The van der Waals surface area contributed by atoms with Gasteiger partial charge in [-0.3, -0.25) is 4.79 Å². The van der Waals surface area contributed by atoms with Crippen LogP contribution in [0.25, 0.3) is 0 Å². The average molecular weight is 254 g/mol. The van der Waals surface area contributed by atoms with E-state index in [0.717, 1.165) is 19.5 Å². The highest BCUT2D eigenvalue weighted by atomic mass is 16.4. The van der Waals surface area contributed by atoms with Crippen LogP contribution in [0.1, 0.15) is 39.0 Å². The zero-order valence-electron chi connectivity index (χ0n) is 10.9. The Morgan fingerprint density at radius 2 is 2.00 bits per heavy atom. The third kappa shape index (κ3) is 3.37. The number of carbonyl (C=O) groups is 2. The summed E-state index contributed by atoms with van der Waals surface area (Å²) in [6, 6.07) is 0.00675. The van der Waals surface area contributed by atoms with Crippen LogP contribution in [-0.2, 0) is 4.79 Å². The van der Waals surface area contributed by atoms with Crippen molar-refractivity contribution in [3.05, 3.63) is 0 Å². The van der Waals surface area contributed by atoms with Crippen molar-refractivity contribution >= 4 is 12.0 Å². The van der Waals surface area contributed by atoms with E-state index in [1.165, 1.54) is 12.8 Å². The molecule has 18 heavy (non-hydrogen) atoms. The van der Waals surface area contributed by atoms with E-state index in [1.54, 1.807) is 0 Å². The second-order valence-corrected chi connectivity index (χ2v) is 5.48. The number of carboxylic acids is 1. The Kier molecular flexibility index (Phi) is 4.09. The highest BCUT2D eigenvalue weighted by molar-refractivity contribution is 5.75. The molecule has 0 heterocycles. The normalized spacial score (nSPS) is 26.9. The van der Waals surface area contributed by atoms with Crippen molar-refractivity contribution in [3.8, 4) is 0 Å². The monoisotopic (exact) mass is 254 g/mol. The topological polar surface area (TPSA) is 69.6 Å². The predicted molar refractivity (Wildman–Crippen MR) is 67.3 cm³/mol. The number of carbonyl (C=O) groups excluding carboxylic acids is 1. The molecule has 2 unspecified atom stereocenters. The average Bonchev–Trinajstić information content (AvgIpc) is 3.03. The molecule has 0 bridgehead atoms. The summed E-state index contributed by atoms with van der Waals surface area (Å²) in [6.45, 7) is 3.55. The number of hydrogen-bond donors (Lipinski definition) is 2. The molecule has 0 aromatic carbocycles. The lowest BCUT2D eigenvalue weighted by molar-refractivity contribution is -0.141. The summed E-state index contributed by atoms with van der Waals surface area (Å²) < 4.78 is 0. The maximum absolute atomic E-state index is 12.0. The van der Waals surface area contributed by atoms with E-state index in [9.17, 15) is 9.59 Å². The second-order valence-electron chi connectivity index (χ2n) is 5.48. The van der Waals surface area contributed by atoms with E-state index < -0.39 is 5.97 Å². The minimum Gasteiger partial charge on any atom is -0.481 e. The first-order valence-corrected chi connectivity index (χ1v) is 6.88. The molecule has 2 aliphatic rings. The van der Waals surface area contributed by atoms with Gasteiger partial charge >= 0.3 is 12.0 Å². The van der Waals surface area contributed by atoms with E-state index in [1.807, 2.05) is 11.8 Å². The lowest BCUT2D eigenvalue weighted by Gasteiger charge is -2.23. The lowest BCUT2D eigenvalue weighted by atomic mass is 10.1. The third-order valence-electron chi connectivity index (χ3n) is 3.95. The van der Waals surface area contributed by atoms with Crippen LogP contribution in [0.2, 0.25) is 0 Å². The molecule has 0 aromatic rings. The molecule has 5 heteroatoms. The van der Waals surface area contributed by atoms with Gasteiger partial charge in [0.1, 0.15) is 0 Å². The van der Waals surface area contributed by atoms with Gasteiger partial charge in [0.05, 0.1) is 5.92 Å². The molecule has 2 rings (SSSR count). The smallest absolute Gasteiger partial charge is 0.317 e. The number of aliphatic carboxylic acids is 1. The van der Waals surface area contributed by atoms with E-state index >= 15 is 0 Å². The molecule has 2 aliphatic carbocycles. The Labute approximate surface area is 108 Å². The zero-order chi connectivity index (χ0) is 13.1. The van der Waals surface area contributed by atoms with Gasteiger partial charge < -0.3 is 15.3 Å². The minimum atomic E-state index is -0.739. The highest BCUT2D eigenvalue weighted by Gasteiger charge is 2.32. The van der Waals surface area contributed by atoms with Gasteiger partial charge in [-0.2, -0.15) is 0 Å². The van der Waals surface area contributed by atoms with Gasteiger partial charge in [0.25, 0.3) is 0 Å². The fourth-order valence-electron chi connectivity index (χ4n) is 2.57. The van der Waals surface area contributed by atoms with E-state index in [4.69, 9.17) is 5.11 Å². The second kappa shape index (κ2) is 5.59. The molecule has 0 spiro atoms. The van der Waals surface area contributed by atoms with Crippen LogP contribution in [0.3, 0.4) is 0 Å². The molecule has 0 aromatic heterocycles. The summed E-state index contributed by atoms with van der Waals surface area (Å²) in [5.41, 5.74) is 0. The molecule has 5 nitrogen and oxygen atoms in total. The first-order chi connectivity index (χ1) is 8.60. The largest absolute Gasteiger partial charge is 0.481 e. The van der Waals surface area contributed by atoms with E-state index in [0.29, 0.717) is 18.8 Å².